The number of piperidine rings is 1. The van der Waals surface area contributed by atoms with Crippen molar-refractivity contribution in [1.82, 2.24) is 14.7 Å². The van der Waals surface area contributed by atoms with E-state index in [4.69, 9.17) is 9.47 Å². The molecule has 3 rings (SSSR count). The molecule has 2 aliphatic heterocycles. The molecule has 3 atom stereocenters. The van der Waals surface area contributed by atoms with Crippen LogP contribution in [0.1, 0.15) is 82.9 Å². The van der Waals surface area contributed by atoms with Crippen molar-refractivity contribution < 1.29 is 50.2 Å². The fourth-order valence-electron chi connectivity index (χ4n) is 5.73. The smallest absolute Gasteiger partial charge is 0.416 e. The van der Waals surface area contributed by atoms with E-state index in [0.717, 1.165) is 24.9 Å². The first-order valence-corrected chi connectivity index (χ1v) is 14.3. The van der Waals surface area contributed by atoms with Gasteiger partial charge in [-0.05, 0) is 76.6 Å². The SMILES string of the molecule is CCC1C[C@H](N(Cc2cc(C(F)(F)F)cc(C(F)(F)F)c2)C(=O)OC)C[C@H](CC(=O)N2CCCC2)N1C(=O)OC(C)(C)C. The van der Waals surface area contributed by atoms with Gasteiger partial charge in [-0.3, -0.25) is 4.79 Å². The molecule has 1 aromatic carbocycles. The highest BCUT2D eigenvalue weighted by molar-refractivity contribution is 5.78. The van der Waals surface area contributed by atoms with Crippen molar-refractivity contribution in [2.24, 2.45) is 0 Å². The largest absolute Gasteiger partial charge is 0.453 e. The van der Waals surface area contributed by atoms with Gasteiger partial charge in [-0.25, -0.2) is 9.59 Å². The molecular weight excluding hydrogens is 584 g/mol. The van der Waals surface area contributed by atoms with Crippen LogP contribution in [0.3, 0.4) is 0 Å². The number of rotatable bonds is 6. The minimum absolute atomic E-state index is 0.0262. The Bertz CT molecular complexity index is 1130. The summed E-state index contributed by atoms with van der Waals surface area (Å²) in [5, 5.41) is 0. The lowest BCUT2D eigenvalue weighted by atomic mass is 9.87. The van der Waals surface area contributed by atoms with Crippen LogP contribution in [0, 0.1) is 0 Å². The number of carbonyl (C=O) groups is 3. The zero-order valence-electron chi connectivity index (χ0n) is 25.0. The van der Waals surface area contributed by atoms with Crippen molar-refractivity contribution in [3.05, 3.63) is 34.9 Å². The first kappa shape index (κ1) is 34.3. The summed E-state index contributed by atoms with van der Waals surface area (Å²) in [6, 6.07) is -0.871. The fourth-order valence-corrected chi connectivity index (χ4v) is 5.73. The number of amides is 3. The topological polar surface area (TPSA) is 79.4 Å². The molecule has 0 N–H and O–H groups in total. The molecule has 0 aliphatic carbocycles. The van der Waals surface area contributed by atoms with Gasteiger partial charge >= 0.3 is 24.5 Å². The Balaban J connectivity index is 2.01. The molecule has 2 fully saturated rings. The van der Waals surface area contributed by atoms with E-state index in [1.165, 1.54) is 4.90 Å². The highest BCUT2D eigenvalue weighted by Gasteiger charge is 2.44. The van der Waals surface area contributed by atoms with Crippen LogP contribution in [0.25, 0.3) is 0 Å². The number of hydrogen-bond donors (Lipinski definition) is 0. The number of alkyl halides is 6. The molecular formula is C29H39F6N3O5. The Kier molecular flexibility index (Phi) is 10.5. The maximum atomic E-state index is 13.5. The van der Waals surface area contributed by atoms with Crippen LogP contribution in [0.5, 0.6) is 0 Å². The predicted molar refractivity (Wildman–Crippen MR) is 144 cm³/mol. The van der Waals surface area contributed by atoms with Crippen LogP contribution in [-0.4, -0.2) is 76.7 Å². The van der Waals surface area contributed by atoms with E-state index in [-0.39, 0.29) is 36.8 Å². The third kappa shape index (κ3) is 8.91. The third-order valence-corrected chi connectivity index (χ3v) is 7.67. The van der Waals surface area contributed by atoms with Gasteiger partial charge in [0.15, 0.2) is 0 Å². The van der Waals surface area contributed by atoms with E-state index in [9.17, 15) is 40.7 Å². The molecule has 8 nitrogen and oxygen atoms in total. The maximum Gasteiger partial charge on any atom is 0.416 e. The van der Waals surface area contributed by atoms with Crippen LogP contribution in [0.4, 0.5) is 35.9 Å². The van der Waals surface area contributed by atoms with E-state index in [1.54, 1.807) is 32.6 Å². The molecule has 1 aromatic rings. The molecule has 14 heteroatoms. The normalized spacial score (nSPS) is 21.5. The summed E-state index contributed by atoms with van der Waals surface area (Å²) in [4.78, 5) is 43.9. The number of hydrogen-bond acceptors (Lipinski definition) is 5. The molecule has 242 valence electrons. The zero-order valence-corrected chi connectivity index (χ0v) is 25.0. The summed E-state index contributed by atoms with van der Waals surface area (Å²) in [5.41, 5.74) is -4.22. The monoisotopic (exact) mass is 623 g/mol. The number of carbonyl (C=O) groups excluding carboxylic acids is 3. The van der Waals surface area contributed by atoms with Crippen molar-refractivity contribution in [1.29, 1.82) is 0 Å². The van der Waals surface area contributed by atoms with Gasteiger partial charge in [0.25, 0.3) is 0 Å². The van der Waals surface area contributed by atoms with Gasteiger partial charge in [0.2, 0.25) is 5.91 Å². The van der Waals surface area contributed by atoms with E-state index in [1.807, 2.05) is 0 Å². The highest BCUT2D eigenvalue weighted by Crippen LogP contribution is 2.38. The molecule has 0 spiro atoms. The Hall–Kier alpha value is -3.19. The summed E-state index contributed by atoms with van der Waals surface area (Å²) in [7, 11) is 1.06. The maximum absolute atomic E-state index is 13.5. The Morgan fingerprint density at radius 3 is 1.91 bits per heavy atom. The van der Waals surface area contributed by atoms with Gasteiger partial charge in [0, 0.05) is 44.2 Å². The first-order valence-electron chi connectivity index (χ1n) is 14.3. The van der Waals surface area contributed by atoms with Crippen molar-refractivity contribution in [3.8, 4) is 0 Å². The molecule has 0 bridgehead atoms. The highest BCUT2D eigenvalue weighted by atomic mass is 19.4. The molecule has 1 unspecified atom stereocenters. The van der Waals surface area contributed by atoms with Crippen molar-refractivity contribution in [3.63, 3.8) is 0 Å². The van der Waals surface area contributed by atoms with Crippen molar-refractivity contribution in [2.75, 3.05) is 20.2 Å². The van der Waals surface area contributed by atoms with Crippen LogP contribution < -0.4 is 0 Å². The first-order chi connectivity index (χ1) is 19.8. The van der Waals surface area contributed by atoms with E-state index in [2.05, 4.69) is 0 Å². The lowest BCUT2D eigenvalue weighted by Crippen LogP contribution is -2.59. The summed E-state index contributed by atoms with van der Waals surface area (Å²) in [5.74, 6) is -0.191. The van der Waals surface area contributed by atoms with Gasteiger partial charge in [-0.15, -0.1) is 0 Å². The number of ether oxygens (including phenoxy) is 2. The molecule has 0 radical (unpaired) electrons. The second kappa shape index (κ2) is 13.2. The predicted octanol–water partition coefficient (Wildman–Crippen LogP) is 6.85. The van der Waals surface area contributed by atoms with Crippen LogP contribution in [-0.2, 0) is 33.2 Å². The molecule has 43 heavy (non-hydrogen) atoms. The van der Waals surface area contributed by atoms with Crippen molar-refractivity contribution in [2.45, 2.75) is 109 Å². The zero-order chi connectivity index (χ0) is 32.3. The Labute approximate surface area is 247 Å². The Morgan fingerprint density at radius 1 is 0.907 bits per heavy atom. The number of nitrogens with zero attached hydrogens (tertiary/aromatic N) is 3. The van der Waals surface area contributed by atoms with Gasteiger partial charge in [0.1, 0.15) is 5.60 Å². The second-order valence-corrected chi connectivity index (χ2v) is 12.0. The van der Waals surface area contributed by atoms with Crippen molar-refractivity contribution >= 4 is 18.1 Å². The average molecular weight is 624 g/mol. The van der Waals surface area contributed by atoms with E-state index < -0.39 is 65.9 Å². The second-order valence-electron chi connectivity index (χ2n) is 12.0. The number of halogens is 6. The van der Waals surface area contributed by atoms with Crippen LogP contribution in [0.2, 0.25) is 0 Å². The molecule has 3 amide bonds. The van der Waals surface area contributed by atoms with Gasteiger partial charge in [-0.1, -0.05) is 6.92 Å². The van der Waals surface area contributed by atoms with E-state index >= 15 is 0 Å². The van der Waals surface area contributed by atoms with Crippen LogP contribution >= 0.6 is 0 Å². The number of benzene rings is 1. The lowest BCUT2D eigenvalue weighted by Gasteiger charge is -2.47. The van der Waals surface area contributed by atoms with Gasteiger partial charge in [0.05, 0.1) is 18.2 Å². The minimum Gasteiger partial charge on any atom is -0.453 e. The molecule has 2 heterocycles. The van der Waals surface area contributed by atoms with Gasteiger partial charge < -0.3 is 24.2 Å². The standard InChI is InChI=1S/C29H39F6N3O5/c1-6-21-14-22(15-23(16-24(39)36-9-7-8-10-36)38(21)26(41)43-27(2,3)4)37(25(40)42-5)17-18-11-19(28(30,31)32)13-20(12-18)29(33,34)35/h11-13,21-23H,6-10,14-17H2,1-5H3/t21?,22-,23+/m0/s1. The van der Waals surface area contributed by atoms with Crippen LogP contribution in [0.15, 0.2) is 18.2 Å². The van der Waals surface area contributed by atoms with E-state index in [0.29, 0.717) is 31.6 Å². The third-order valence-electron chi connectivity index (χ3n) is 7.67. The molecule has 0 aromatic heterocycles. The summed E-state index contributed by atoms with van der Waals surface area (Å²) in [6.45, 7) is 7.44. The summed E-state index contributed by atoms with van der Waals surface area (Å²) >= 11 is 0. The minimum atomic E-state index is -5.06. The average Bonchev–Trinajstić information content (AvgIpc) is 3.44. The van der Waals surface area contributed by atoms with Gasteiger partial charge in [-0.2, -0.15) is 26.3 Å². The molecule has 2 aliphatic rings. The quantitative estimate of drug-likeness (QED) is 0.324. The number of methoxy groups -OCH3 is 1. The lowest BCUT2D eigenvalue weighted by molar-refractivity contribution is -0.143. The summed E-state index contributed by atoms with van der Waals surface area (Å²) < 4.78 is 91.7. The number of likely N-dealkylation sites (tertiary alicyclic amines) is 2. The fraction of sp³-hybridized carbons (Fsp3) is 0.690. The Morgan fingerprint density at radius 2 is 1.44 bits per heavy atom. The molecule has 0 saturated carbocycles. The molecule has 2 saturated heterocycles. The summed E-state index contributed by atoms with van der Waals surface area (Å²) in [6.07, 6.45) is -9.53.